The van der Waals surface area contributed by atoms with E-state index in [1.54, 1.807) is 7.11 Å². The zero-order valence-corrected chi connectivity index (χ0v) is 12.1. The van der Waals surface area contributed by atoms with E-state index in [9.17, 15) is 0 Å². The van der Waals surface area contributed by atoms with E-state index < -0.39 is 0 Å². The van der Waals surface area contributed by atoms with Crippen LogP contribution in [0.1, 0.15) is 31.2 Å². The lowest BCUT2D eigenvalue weighted by Crippen LogP contribution is -2.10. The van der Waals surface area contributed by atoms with Gasteiger partial charge in [0.15, 0.2) is 0 Å². The molecule has 1 aromatic rings. The van der Waals surface area contributed by atoms with Crippen molar-refractivity contribution >= 4 is 0 Å². The number of hydrogen-bond donors (Lipinski definition) is 0. The number of rotatable bonds is 3. The summed E-state index contributed by atoms with van der Waals surface area (Å²) in [7, 11) is 1.67. The molecule has 0 heterocycles. The number of ether oxygens (including phenoxy) is 1. The molecule has 1 saturated carbocycles. The van der Waals surface area contributed by atoms with Crippen molar-refractivity contribution in [3.05, 3.63) is 54.6 Å². The molecule has 20 heavy (non-hydrogen) atoms. The van der Waals surface area contributed by atoms with Crippen LogP contribution >= 0.6 is 0 Å². The Morgan fingerprint density at radius 1 is 1.10 bits per heavy atom. The minimum atomic E-state index is 0.691. The van der Waals surface area contributed by atoms with E-state index in [1.165, 1.54) is 25.7 Å². The minimum absolute atomic E-state index is 0.691. The fourth-order valence-electron chi connectivity index (χ4n) is 2.56. The Kier molecular flexibility index (Phi) is 5.50. The highest BCUT2D eigenvalue weighted by molar-refractivity contribution is 5.40. The molecule has 0 aromatic heterocycles. The van der Waals surface area contributed by atoms with Gasteiger partial charge in [0.25, 0.3) is 0 Å². The second-order valence-corrected chi connectivity index (χ2v) is 5.27. The molecule has 1 aliphatic carbocycles. The Balaban J connectivity index is 1.84. The van der Waals surface area contributed by atoms with Gasteiger partial charge in [-0.15, -0.1) is 6.58 Å². The maximum absolute atomic E-state index is 5.12. The van der Waals surface area contributed by atoms with Crippen LogP contribution in [-0.2, 0) is 0 Å². The third kappa shape index (κ3) is 4.31. The molecule has 0 amide bonds. The summed E-state index contributed by atoms with van der Waals surface area (Å²) < 4.78 is 5.12. The van der Waals surface area contributed by atoms with Crippen LogP contribution < -0.4 is 4.74 Å². The van der Waals surface area contributed by atoms with E-state index in [1.807, 2.05) is 30.3 Å². The average Bonchev–Trinajstić information content (AvgIpc) is 2.53. The van der Waals surface area contributed by atoms with Gasteiger partial charge in [0, 0.05) is 5.56 Å². The lowest BCUT2D eigenvalue weighted by molar-refractivity contribution is 0.357. The molecule has 0 bridgehead atoms. The molecule has 1 nitrogen and oxygen atoms in total. The van der Waals surface area contributed by atoms with Crippen LogP contribution in [0.4, 0.5) is 0 Å². The van der Waals surface area contributed by atoms with Crippen molar-refractivity contribution in [1.82, 2.24) is 0 Å². The molecule has 104 valence electrons. The van der Waals surface area contributed by atoms with Crippen molar-refractivity contribution in [1.29, 1.82) is 0 Å². The third-order valence-electron chi connectivity index (χ3n) is 3.91. The predicted molar refractivity (Wildman–Crippen MR) is 84.7 cm³/mol. The van der Waals surface area contributed by atoms with Gasteiger partial charge in [-0.05, 0) is 67.9 Å². The molecule has 0 atom stereocenters. The van der Waals surface area contributed by atoms with Crippen LogP contribution in [0.5, 0.6) is 5.75 Å². The number of benzene rings is 1. The van der Waals surface area contributed by atoms with E-state index in [4.69, 9.17) is 4.74 Å². The quantitative estimate of drug-likeness (QED) is 0.574. The van der Waals surface area contributed by atoms with E-state index >= 15 is 0 Å². The molecule has 0 spiro atoms. The zero-order chi connectivity index (χ0) is 14.2. The van der Waals surface area contributed by atoms with Crippen molar-refractivity contribution in [2.45, 2.75) is 25.7 Å². The summed E-state index contributed by atoms with van der Waals surface area (Å²) in [6.07, 6.45) is 11.4. The van der Waals surface area contributed by atoms with Crippen LogP contribution in [0.3, 0.4) is 0 Å². The van der Waals surface area contributed by atoms with Gasteiger partial charge < -0.3 is 4.74 Å². The molecule has 0 aliphatic heterocycles. The van der Waals surface area contributed by atoms with Crippen LogP contribution in [0.15, 0.2) is 49.1 Å². The second-order valence-electron chi connectivity index (χ2n) is 5.27. The summed E-state index contributed by atoms with van der Waals surface area (Å²) in [5, 5.41) is 0. The molecule has 0 saturated heterocycles. The van der Waals surface area contributed by atoms with Gasteiger partial charge in [-0.25, -0.2) is 0 Å². The number of hydrogen-bond acceptors (Lipinski definition) is 1. The topological polar surface area (TPSA) is 9.23 Å². The first kappa shape index (κ1) is 14.5. The largest absolute Gasteiger partial charge is 0.497 e. The Hall–Kier alpha value is -1.94. The molecular formula is C19H22O. The van der Waals surface area contributed by atoms with Gasteiger partial charge in [-0.3, -0.25) is 0 Å². The first-order chi connectivity index (χ1) is 9.81. The number of allylic oxidation sites excluding steroid dienone is 3. The van der Waals surface area contributed by atoms with E-state index in [0.29, 0.717) is 5.92 Å². The summed E-state index contributed by atoms with van der Waals surface area (Å²) in [6, 6.07) is 7.83. The first-order valence-corrected chi connectivity index (χ1v) is 7.26. The maximum atomic E-state index is 5.12. The summed E-state index contributed by atoms with van der Waals surface area (Å²) in [5.41, 5.74) is 1.02. The van der Waals surface area contributed by atoms with Crippen LogP contribution in [-0.4, -0.2) is 7.11 Å². The maximum Gasteiger partial charge on any atom is 0.118 e. The Labute approximate surface area is 122 Å². The molecule has 1 fully saturated rings. The molecule has 1 aromatic carbocycles. The zero-order valence-electron chi connectivity index (χ0n) is 12.1. The van der Waals surface area contributed by atoms with E-state index in [0.717, 1.165) is 17.2 Å². The SMILES string of the molecule is C=CC1CCC(/C=C/C#Cc2ccc(OC)cc2)CC1. The molecule has 2 rings (SSSR count). The van der Waals surface area contributed by atoms with E-state index in [-0.39, 0.29) is 0 Å². The monoisotopic (exact) mass is 266 g/mol. The van der Waals surface area contributed by atoms with Crippen LogP contribution in [0.25, 0.3) is 0 Å². The molecule has 0 radical (unpaired) electrons. The van der Waals surface area contributed by atoms with Gasteiger partial charge in [-0.1, -0.05) is 24.0 Å². The smallest absolute Gasteiger partial charge is 0.118 e. The molecule has 1 aliphatic rings. The summed E-state index contributed by atoms with van der Waals surface area (Å²) >= 11 is 0. The second kappa shape index (κ2) is 7.60. The fraction of sp³-hybridized carbons (Fsp3) is 0.368. The third-order valence-corrected chi connectivity index (χ3v) is 3.91. The Morgan fingerprint density at radius 3 is 2.35 bits per heavy atom. The van der Waals surface area contributed by atoms with Crippen molar-refractivity contribution in [2.75, 3.05) is 7.11 Å². The van der Waals surface area contributed by atoms with Gasteiger partial charge >= 0.3 is 0 Å². The Morgan fingerprint density at radius 2 is 1.75 bits per heavy atom. The molecule has 0 unspecified atom stereocenters. The fourth-order valence-corrected chi connectivity index (χ4v) is 2.56. The van der Waals surface area contributed by atoms with Crippen molar-refractivity contribution in [3.63, 3.8) is 0 Å². The predicted octanol–water partition coefficient (Wildman–Crippen LogP) is 4.60. The first-order valence-electron chi connectivity index (χ1n) is 7.26. The standard InChI is InChI=1S/C19H22O/c1-3-16-8-10-17(11-9-16)6-4-5-7-18-12-14-19(20-2)15-13-18/h3-4,6,12-17H,1,8-11H2,2H3/b6-4+. The van der Waals surface area contributed by atoms with Crippen molar-refractivity contribution < 1.29 is 4.74 Å². The lowest BCUT2D eigenvalue weighted by atomic mass is 9.82. The Bertz CT molecular complexity index is 505. The summed E-state index contributed by atoms with van der Waals surface area (Å²) in [5.74, 6) is 8.55. The minimum Gasteiger partial charge on any atom is -0.497 e. The normalized spacial score (nSPS) is 22.1. The molecule has 0 N–H and O–H groups in total. The van der Waals surface area contributed by atoms with Gasteiger partial charge in [0.2, 0.25) is 0 Å². The molecular weight excluding hydrogens is 244 g/mol. The summed E-state index contributed by atoms with van der Waals surface area (Å²) in [4.78, 5) is 0. The highest BCUT2D eigenvalue weighted by Crippen LogP contribution is 2.29. The number of methoxy groups -OCH3 is 1. The van der Waals surface area contributed by atoms with Crippen molar-refractivity contribution in [2.24, 2.45) is 11.8 Å². The van der Waals surface area contributed by atoms with E-state index in [2.05, 4.69) is 30.6 Å². The van der Waals surface area contributed by atoms with Crippen LogP contribution in [0, 0.1) is 23.7 Å². The molecule has 1 heteroatoms. The van der Waals surface area contributed by atoms with Gasteiger partial charge in [0.05, 0.1) is 7.11 Å². The van der Waals surface area contributed by atoms with Crippen LogP contribution in [0.2, 0.25) is 0 Å². The highest BCUT2D eigenvalue weighted by Gasteiger charge is 2.16. The van der Waals surface area contributed by atoms with Crippen molar-refractivity contribution in [3.8, 4) is 17.6 Å². The van der Waals surface area contributed by atoms with Gasteiger partial charge in [-0.2, -0.15) is 0 Å². The average molecular weight is 266 g/mol. The van der Waals surface area contributed by atoms with Gasteiger partial charge in [0.1, 0.15) is 5.75 Å². The summed E-state index contributed by atoms with van der Waals surface area (Å²) in [6.45, 7) is 3.88. The lowest BCUT2D eigenvalue weighted by Gasteiger charge is -2.23. The highest BCUT2D eigenvalue weighted by atomic mass is 16.5.